The molecule has 5 heteroatoms. The molecule has 0 fully saturated rings. The van der Waals surface area contributed by atoms with Crippen LogP contribution in [0.5, 0.6) is 0 Å². The summed E-state index contributed by atoms with van der Waals surface area (Å²) in [6.07, 6.45) is 0.954. The van der Waals surface area contributed by atoms with Crippen LogP contribution >= 0.6 is 0 Å². The van der Waals surface area contributed by atoms with E-state index in [1.165, 1.54) is 0 Å². The molecule has 0 atom stereocenters. The number of carbonyl (C=O) groups excluding carboxylic acids is 1. The van der Waals surface area contributed by atoms with E-state index in [0.717, 1.165) is 17.5 Å². The lowest BCUT2D eigenvalue weighted by Gasteiger charge is -2.07. The Hall–Kier alpha value is -2.95. The van der Waals surface area contributed by atoms with Gasteiger partial charge in [-0.05, 0) is 30.5 Å². The first-order chi connectivity index (χ1) is 12.1. The summed E-state index contributed by atoms with van der Waals surface area (Å²) < 4.78 is 5.36. The van der Waals surface area contributed by atoms with Crippen molar-refractivity contribution in [3.63, 3.8) is 0 Å². The molecule has 1 N–H and O–H groups in total. The average molecular weight is 335 g/mol. The number of rotatable bonds is 6. The summed E-state index contributed by atoms with van der Waals surface area (Å²) in [5, 5.41) is 6.95. The van der Waals surface area contributed by atoms with E-state index in [-0.39, 0.29) is 5.91 Å². The van der Waals surface area contributed by atoms with Crippen molar-refractivity contribution in [1.82, 2.24) is 15.5 Å². The number of benzene rings is 2. The second-order valence-electron chi connectivity index (χ2n) is 6.31. The van der Waals surface area contributed by atoms with Gasteiger partial charge in [0.2, 0.25) is 5.82 Å². The van der Waals surface area contributed by atoms with Gasteiger partial charge in [-0.2, -0.15) is 4.98 Å². The van der Waals surface area contributed by atoms with Gasteiger partial charge in [0.05, 0.1) is 0 Å². The van der Waals surface area contributed by atoms with Crippen molar-refractivity contribution in [1.29, 1.82) is 0 Å². The summed E-state index contributed by atoms with van der Waals surface area (Å²) in [4.78, 5) is 16.7. The van der Waals surface area contributed by atoms with Crippen LogP contribution in [0.3, 0.4) is 0 Å². The fourth-order valence-corrected chi connectivity index (χ4v) is 2.42. The maximum Gasteiger partial charge on any atom is 0.258 e. The summed E-state index contributed by atoms with van der Waals surface area (Å²) in [5.41, 5.74) is 2.20. The zero-order valence-corrected chi connectivity index (χ0v) is 14.4. The number of hydrogen-bond donors (Lipinski definition) is 1. The van der Waals surface area contributed by atoms with Crippen molar-refractivity contribution < 1.29 is 9.32 Å². The van der Waals surface area contributed by atoms with Crippen molar-refractivity contribution >= 4 is 5.91 Å². The first-order valence-corrected chi connectivity index (χ1v) is 8.41. The van der Waals surface area contributed by atoms with Gasteiger partial charge < -0.3 is 9.84 Å². The fourth-order valence-electron chi connectivity index (χ4n) is 2.42. The van der Waals surface area contributed by atoms with Crippen LogP contribution in [-0.2, 0) is 0 Å². The van der Waals surface area contributed by atoms with Crippen LogP contribution in [-0.4, -0.2) is 22.6 Å². The van der Waals surface area contributed by atoms with Gasteiger partial charge in [0.1, 0.15) is 0 Å². The van der Waals surface area contributed by atoms with Crippen LogP contribution in [0.15, 0.2) is 59.1 Å². The molecule has 0 radical (unpaired) electrons. The Kier molecular flexibility index (Phi) is 5.23. The smallest absolute Gasteiger partial charge is 0.258 e. The normalized spacial score (nSPS) is 10.8. The molecule has 2 aromatic carbocycles. The largest absolute Gasteiger partial charge is 0.352 e. The van der Waals surface area contributed by atoms with E-state index >= 15 is 0 Å². The Morgan fingerprint density at radius 2 is 1.84 bits per heavy atom. The second-order valence-corrected chi connectivity index (χ2v) is 6.31. The molecule has 0 aliphatic carbocycles. The van der Waals surface area contributed by atoms with Gasteiger partial charge in [0.15, 0.2) is 0 Å². The first kappa shape index (κ1) is 16.9. The van der Waals surface area contributed by atoms with Gasteiger partial charge in [-0.25, -0.2) is 0 Å². The Balaban J connectivity index is 1.76. The molecule has 0 saturated heterocycles. The monoisotopic (exact) mass is 335 g/mol. The molecular formula is C20H21N3O2. The van der Waals surface area contributed by atoms with Gasteiger partial charge in [0, 0.05) is 23.2 Å². The van der Waals surface area contributed by atoms with Crippen molar-refractivity contribution in [2.45, 2.75) is 20.3 Å². The van der Waals surface area contributed by atoms with Crippen molar-refractivity contribution in [3.05, 3.63) is 60.2 Å². The van der Waals surface area contributed by atoms with Gasteiger partial charge in [-0.3, -0.25) is 4.79 Å². The van der Waals surface area contributed by atoms with Crippen LogP contribution in [0, 0.1) is 5.92 Å². The van der Waals surface area contributed by atoms with Crippen LogP contribution in [0.4, 0.5) is 0 Å². The third-order valence-electron chi connectivity index (χ3n) is 3.84. The molecule has 0 aliphatic rings. The Morgan fingerprint density at radius 3 is 2.60 bits per heavy atom. The summed E-state index contributed by atoms with van der Waals surface area (Å²) >= 11 is 0. The van der Waals surface area contributed by atoms with Gasteiger partial charge in [0.25, 0.3) is 11.8 Å². The standard InChI is InChI=1S/C20H21N3O2/c1-14(2)11-12-21-19(24)16-9-6-10-17(13-16)20-22-18(23-25-20)15-7-4-3-5-8-15/h3-10,13-14H,11-12H2,1-2H3,(H,21,24). The first-order valence-electron chi connectivity index (χ1n) is 8.41. The third-order valence-corrected chi connectivity index (χ3v) is 3.84. The molecule has 3 aromatic rings. The van der Waals surface area contributed by atoms with Crippen molar-refractivity contribution in [2.24, 2.45) is 5.92 Å². The number of nitrogens with one attached hydrogen (secondary N) is 1. The quantitative estimate of drug-likeness (QED) is 0.734. The van der Waals surface area contributed by atoms with Crippen molar-refractivity contribution in [3.8, 4) is 22.8 Å². The molecule has 0 saturated carbocycles. The topological polar surface area (TPSA) is 68.0 Å². The minimum atomic E-state index is -0.0923. The van der Waals surface area contributed by atoms with Gasteiger partial charge in [-0.15, -0.1) is 0 Å². The molecule has 1 amide bonds. The molecule has 0 unspecified atom stereocenters. The highest BCUT2D eigenvalue weighted by Crippen LogP contribution is 2.22. The molecule has 0 spiro atoms. The minimum Gasteiger partial charge on any atom is -0.352 e. The molecule has 5 nitrogen and oxygen atoms in total. The summed E-state index contributed by atoms with van der Waals surface area (Å²) in [6.45, 7) is 4.93. The van der Waals surface area contributed by atoms with E-state index in [1.807, 2.05) is 42.5 Å². The molecule has 1 heterocycles. The van der Waals surface area contributed by atoms with Crippen LogP contribution in [0.25, 0.3) is 22.8 Å². The molecule has 0 aliphatic heterocycles. The lowest BCUT2D eigenvalue weighted by atomic mass is 10.1. The van der Waals surface area contributed by atoms with Crippen LogP contribution in [0.2, 0.25) is 0 Å². The van der Waals surface area contributed by atoms with Crippen LogP contribution < -0.4 is 5.32 Å². The number of aromatic nitrogens is 2. The summed E-state index contributed by atoms with van der Waals surface area (Å²) in [5.74, 6) is 1.39. The highest BCUT2D eigenvalue weighted by atomic mass is 16.5. The number of nitrogens with zero attached hydrogens (tertiary/aromatic N) is 2. The summed E-state index contributed by atoms with van der Waals surface area (Å²) in [6, 6.07) is 16.9. The number of amides is 1. The molecule has 1 aromatic heterocycles. The predicted molar refractivity (Wildman–Crippen MR) is 97.0 cm³/mol. The summed E-state index contributed by atoms with van der Waals surface area (Å²) in [7, 11) is 0. The number of carbonyl (C=O) groups is 1. The maximum absolute atomic E-state index is 12.3. The zero-order chi connectivity index (χ0) is 17.6. The van der Waals surface area contributed by atoms with E-state index in [4.69, 9.17) is 4.52 Å². The van der Waals surface area contributed by atoms with E-state index in [9.17, 15) is 4.79 Å². The predicted octanol–water partition coefficient (Wildman–Crippen LogP) is 4.18. The van der Waals surface area contributed by atoms with E-state index < -0.39 is 0 Å². The second kappa shape index (κ2) is 7.75. The molecule has 0 bridgehead atoms. The zero-order valence-electron chi connectivity index (χ0n) is 14.4. The molecule has 25 heavy (non-hydrogen) atoms. The van der Waals surface area contributed by atoms with E-state index in [0.29, 0.717) is 29.7 Å². The van der Waals surface area contributed by atoms with E-state index in [2.05, 4.69) is 29.3 Å². The van der Waals surface area contributed by atoms with E-state index in [1.54, 1.807) is 12.1 Å². The minimum absolute atomic E-state index is 0.0923. The highest BCUT2D eigenvalue weighted by Gasteiger charge is 2.13. The lowest BCUT2D eigenvalue weighted by Crippen LogP contribution is -2.25. The number of hydrogen-bond acceptors (Lipinski definition) is 4. The van der Waals surface area contributed by atoms with Gasteiger partial charge in [-0.1, -0.05) is 55.4 Å². The molecule has 128 valence electrons. The fraction of sp³-hybridized carbons (Fsp3) is 0.250. The Labute approximate surface area is 147 Å². The maximum atomic E-state index is 12.3. The van der Waals surface area contributed by atoms with Crippen molar-refractivity contribution in [2.75, 3.05) is 6.54 Å². The van der Waals surface area contributed by atoms with Gasteiger partial charge >= 0.3 is 0 Å². The Morgan fingerprint density at radius 1 is 1.08 bits per heavy atom. The lowest BCUT2D eigenvalue weighted by molar-refractivity contribution is 0.0952. The van der Waals surface area contributed by atoms with Crippen LogP contribution in [0.1, 0.15) is 30.6 Å². The average Bonchev–Trinajstić information content (AvgIpc) is 3.12. The molecular weight excluding hydrogens is 314 g/mol. The highest BCUT2D eigenvalue weighted by molar-refractivity contribution is 5.95. The SMILES string of the molecule is CC(C)CCNC(=O)c1cccc(-c2nc(-c3ccccc3)no2)c1. The molecule has 3 rings (SSSR count). The Bertz CT molecular complexity index is 841. The third kappa shape index (κ3) is 4.32.